The molecule has 1 aliphatic rings. The Bertz CT molecular complexity index is 759. The van der Waals surface area contributed by atoms with Gasteiger partial charge in [0.15, 0.2) is 0 Å². The van der Waals surface area contributed by atoms with E-state index in [4.69, 9.17) is 11.6 Å². The van der Waals surface area contributed by atoms with Gasteiger partial charge in [-0.1, -0.05) is 11.6 Å². The summed E-state index contributed by atoms with van der Waals surface area (Å²) in [5.41, 5.74) is 1.66. The van der Waals surface area contributed by atoms with Crippen molar-refractivity contribution >= 4 is 35.1 Å². The average molecular weight is 375 g/mol. The average Bonchev–Trinajstić information content (AvgIpc) is 2.63. The molecule has 1 saturated heterocycles. The second kappa shape index (κ2) is 8.23. The third kappa shape index (κ3) is 4.54. The fourth-order valence-electron chi connectivity index (χ4n) is 2.81. The van der Waals surface area contributed by atoms with Gasteiger partial charge >= 0.3 is 6.03 Å². The summed E-state index contributed by atoms with van der Waals surface area (Å²) in [6.45, 7) is 7.44. The Labute approximate surface area is 158 Å². The number of anilines is 3. The van der Waals surface area contributed by atoms with E-state index >= 15 is 0 Å². The van der Waals surface area contributed by atoms with Crippen LogP contribution in [0.25, 0.3) is 0 Å². The summed E-state index contributed by atoms with van der Waals surface area (Å²) in [5, 5.41) is 6.77. The number of hydrogen-bond acceptors (Lipinski definition) is 5. The molecule has 0 bridgehead atoms. The van der Waals surface area contributed by atoms with E-state index in [1.807, 2.05) is 19.9 Å². The molecule has 1 aromatic carbocycles. The van der Waals surface area contributed by atoms with E-state index in [-0.39, 0.29) is 6.03 Å². The molecule has 0 unspecified atom stereocenters. The topological polar surface area (TPSA) is 73.4 Å². The second-order valence-electron chi connectivity index (χ2n) is 6.14. The number of urea groups is 1. The Morgan fingerprint density at radius 3 is 2.50 bits per heavy atom. The lowest BCUT2D eigenvalue weighted by Crippen LogP contribution is -2.50. The third-order valence-corrected chi connectivity index (χ3v) is 4.40. The monoisotopic (exact) mass is 374 g/mol. The first-order valence-corrected chi connectivity index (χ1v) is 9.09. The standard InChI is InChI=1S/C18H23ClN6O/c1-3-20-16-12-13(2)21-17(23-16)24-8-10-25(11-9-24)18(26)22-15-6-4-14(19)5-7-15/h4-7,12H,3,8-11H2,1-2H3,(H,22,26)(H,20,21,23). The summed E-state index contributed by atoms with van der Waals surface area (Å²) >= 11 is 5.87. The van der Waals surface area contributed by atoms with Gasteiger partial charge in [-0.15, -0.1) is 0 Å². The highest BCUT2D eigenvalue weighted by atomic mass is 35.5. The molecular weight excluding hydrogens is 352 g/mol. The number of aromatic nitrogens is 2. The molecule has 1 aliphatic heterocycles. The molecule has 138 valence electrons. The third-order valence-electron chi connectivity index (χ3n) is 4.15. The minimum absolute atomic E-state index is 0.106. The highest BCUT2D eigenvalue weighted by Crippen LogP contribution is 2.17. The smallest absolute Gasteiger partial charge is 0.321 e. The molecule has 1 fully saturated rings. The lowest BCUT2D eigenvalue weighted by atomic mass is 10.3. The minimum atomic E-state index is -0.106. The van der Waals surface area contributed by atoms with Crippen molar-refractivity contribution in [3.63, 3.8) is 0 Å². The zero-order valence-electron chi connectivity index (χ0n) is 15.0. The second-order valence-corrected chi connectivity index (χ2v) is 6.57. The molecule has 0 spiro atoms. The Morgan fingerprint density at radius 2 is 1.85 bits per heavy atom. The van der Waals surface area contributed by atoms with Crippen LogP contribution in [0, 0.1) is 6.92 Å². The van der Waals surface area contributed by atoms with Crippen molar-refractivity contribution in [1.29, 1.82) is 0 Å². The van der Waals surface area contributed by atoms with Crippen LogP contribution in [0.2, 0.25) is 5.02 Å². The van der Waals surface area contributed by atoms with Gasteiger partial charge in [-0.05, 0) is 38.1 Å². The quantitative estimate of drug-likeness (QED) is 0.859. The number of hydrogen-bond donors (Lipinski definition) is 2. The highest BCUT2D eigenvalue weighted by molar-refractivity contribution is 6.30. The normalized spacial score (nSPS) is 14.3. The first-order chi connectivity index (χ1) is 12.5. The predicted molar refractivity (Wildman–Crippen MR) is 105 cm³/mol. The van der Waals surface area contributed by atoms with Gasteiger partial charge in [0.05, 0.1) is 0 Å². The molecule has 2 N–H and O–H groups in total. The van der Waals surface area contributed by atoms with Crippen molar-refractivity contribution in [2.75, 3.05) is 48.3 Å². The number of aryl methyl sites for hydroxylation is 1. The summed E-state index contributed by atoms with van der Waals surface area (Å²) in [4.78, 5) is 25.4. The summed E-state index contributed by atoms with van der Waals surface area (Å²) in [5.74, 6) is 1.54. The van der Waals surface area contributed by atoms with Crippen LogP contribution in [0.3, 0.4) is 0 Å². The number of rotatable bonds is 4. The summed E-state index contributed by atoms with van der Waals surface area (Å²) < 4.78 is 0. The number of carbonyl (C=O) groups is 1. The highest BCUT2D eigenvalue weighted by Gasteiger charge is 2.23. The molecule has 3 rings (SSSR count). The number of halogens is 1. The fraction of sp³-hybridized carbons (Fsp3) is 0.389. The van der Waals surface area contributed by atoms with Crippen LogP contribution in [-0.2, 0) is 0 Å². The maximum Gasteiger partial charge on any atom is 0.321 e. The number of piperazine rings is 1. The number of nitrogens with one attached hydrogen (secondary N) is 2. The van der Waals surface area contributed by atoms with Crippen molar-refractivity contribution in [2.24, 2.45) is 0 Å². The minimum Gasteiger partial charge on any atom is -0.370 e. The molecule has 26 heavy (non-hydrogen) atoms. The molecule has 2 amide bonds. The van der Waals surface area contributed by atoms with Gasteiger partial charge in [0, 0.05) is 55.2 Å². The molecule has 2 aromatic rings. The maximum atomic E-state index is 12.4. The van der Waals surface area contributed by atoms with Gasteiger partial charge in [-0.25, -0.2) is 9.78 Å². The first kappa shape index (κ1) is 18.3. The zero-order valence-corrected chi connectivity index (χ0v) is 15.8. The van der Waals surface area contributed by atoms with Crippen LogP contribution in [0.4, 0.5) is 22.2 Å². The van der Waals surface area contributed by atoms with Crippen LogP contribution in [0.1, 0.15) is 12.6 Å². The lowest BCUT2D eigenvalue weighted by Gasteiger charge is -2.34. The zero-order chi connectivity index (χ0) is 18.5. The Kier molecular flexibility index (Phi) is 5.78. The van der Waals surface area contributed by atoms with Gasteiger partial charge in [-0.2, -0.15) is 4.98 Å². The molecule has 0 radical (unpaired) electrons. The Balaban J connectivity index is 1.58. The molecule has 0 atom stereocenters. The van der Waals surface area contributed by atoms with E-state index in [2.05, 4.69) is 25.5 Å². The molecule has 2 heterocycles. The Hall–Kier alpha value is -2.54. The van der Waals surface area contributed by atoms with Gasteiger partial charge in [0.2, 0.25) is 5.95 Å². The van der Waals surface area contributed by atoms with Crippen LogP contribution >= 0.6 is 11.6 Å². The van der Waals surface area contributed by atoms with Crippen LogP contribution in [-0.4, -0.2) is 53.6 Å². The van der Waals surface area contributed by atoms with E-state index in [9.17, 15) is 4.79 Å². The number of nitrogens with zero attached hydrogens (tertiary/aromatic N) is 4. The molecule has 7 nitrogen and oxygen atoms in total. The van der Waals surface area contributed by atoms with Crippen molar-refractivity contribution in [3.05, 3.63) is 41.0 Å². The largest absolute Gasteiger partial charge is 0.370 e. The van der Waals surface area contributed by atoms with Gasteiger partial charge in [0.25, 0.3) is 0 Å². The molecule has 0 saturated carbocycles. The number of carbonyl (C=O) groups excluding carboxylic acids is 1. The van der Waals surface area contributed by atoms with E-state index in [0.29, 0.717) is 37.1 Å². The van der Waals surface area contributed by atoms with Crippen molar-refractivity contribution in [3.8, 4) is 0 Å². The molecular formula is C18H23ClN6O. The summed E-state index contributed by atoms with van der Waals surface area (Å²) in [6.07, 6.45) is 0. The molecule has 0 aliphatic carbocycles. The van der Waals surface area contributed by atoms with Gasteiger partial charge < -0.3 is 20.4 Å². The van der Waals surface area contributed by atoms with E-state index in [1.54, 1.807) is 29.2 Å². The summed E-state index contributed by atoms with van der Waals surface area (Å²) in [7, 11) is 0. The molecule has 1 aromatic heterocycles. The Morgan fingerprint density at radius 1 is 1.15 bits per heavy atom. The van der Waals surface area contributed by atoms with Crippen molar-refractivity contribution < 1.29 is 4.79 Å². The van der Waals surface area contributed by atoms with Gasteiger partial charge in [-0.3, -0.25) is 0 Å². The number of amides is 2. The first-order valence-electron chi connectivity index (χ1n) is 8.71. The van der Waals surface area contributed by atoms with Crippen molar-refractivity contribution in [2.45, 2.75) is 13.8 Å². The van der Waals surface area contributed by atoms with E-state index in [1.165, 1.54) is 0 Å². The fourth-order valence-corrected chi connectivity index (χ4v) is 2.94. The predicted octanol–water partition coefficient (Wildman–Crippen LogP) is 3.22. The lowest BCUT2D eigenvalue weighted by molar-refractivity contribution is 0.208. The SMILES string of the molecule is CCNc1cc(C)nc(N2CCN(C(=O)Nc3ccc(Cl)cc3)CC2)n1. The molecule has 8 heteroatoms. The van der Waals surface area contributed by atoms with Crippen LogP contribution in [0.5, 0.6) is 0 Å². The van der Waals surface area contributed by atoms with E-state index in [0.717, 1.165) is 23.7 Å². The van der Waals surface area contributed by atoms with Crippen molar-refractivity contribution in [1.82, 2.24) is 14.9 Å². The number of benzene rings is 1. The van der Waals surface area contributed by atoms with Crippen LogP contribution in [0.15, 0.2) is 30.3 Å². The maximum absolute atomic E-state index is 12.4. The van der Waals surface area contributed by atoms with E-state index < -0.39 is 0 Å². The van der Waals surface area contributed by atoms with Gasteiger partial charge in [0.1, 0.15) is 5.82 Å². The van der Waals surface area contributed by atoms with Crippen LogP contribution < -0.4 is 15.5 Å². The summed E-state index contributed by atoms with van der Waals surface area (Å²) in [6, 6.07) is 8.92.